The van der Waals surface area contributed by atoms with Crippen molar-refractivity contribution in [2.45, 2.75) is 32.1 Å². The van der Waals surface area contributed by atoms with Gasteiger partial charge in [-0.1, -0.05) is 12.8 Å². The van der Waals surface area contributed by atoms with E-state index in [1.165, 1.54) is 6.39 Å². The van der Waals surface area contributed by atoms with Gasteiger partial charge in [-0.05, 0) is 43.7 Å². The monoisotopic (exact) mass is 287 g/mol. The molecule has 5 heteroatoms. The van der Waals surface area contributed by atoms with Gasteiger partial charge in [0.15, 0.2) is 12.2 Å². The fraction of sp³-hybridized carbons (Fsp3) is 0.375. The summed E-state index contributed by atoms with van der Waals surface area (Å²) >= 11 is 0. The molecule has 0 aliphatic carbocycles. The molecule has 0 bridgehead atoms. The molecule has 0 atom stereocenters. The van der Waals surface area contributed by atoms with Crippen LogP contribution in [0.3, 0.4) is 0 Å². The number of benzene rings is 1. The SMILES string of the molecule is NCCCCCCC(=O)Nc1ccc(-c2cnco2)cc1. The maximum absolute atomic E-state index is 11.8. The normalized spacial score (nSPS) is 10.5. The number of oxazole rings is 1. The van der Waals surface area contributed by atoms with Crippen LogP contribution >= 0.6 is 0 Å². The molecule has 3 N–H and O–H groups in total. The number of nitrogens with zero attached hydrogens (tertiary/aromatic N) is 1. The molecule has 1 aromatic heterocycles. The number of hydrogen-bond acceptors (Lipinski definition) is 4. The number of rotatable bonds is 8. The summed E-state index contributed by atoms with van der Waals surface area (Å²) in [5.41, 5.74) is 7.16. The highest BCUT2D eigenvalue weighted by atomic mass is 16.3. The quantitative estimate of drug-likeness (QED) is 0.731. The zero-order valence-electron chi connectivity index (χ0n) is 12.0. The Morgan fingerprint density at radius 1 is 1.14 bits per heavy atom. The second kappa shape index (κ2) is 8.21. The van der Waals surface area contributed by atoms with E-state index >= 15 is 0 Å². The van der Waals surface area contributed by atoms with E-state index in [0.29, 0.717) is 12.2 Å². The van der Waals surface area contributed by atoms with Crippen molar-refractivity contribution < 1.29 is 9.21 Å². The van der Waals surface area contributed by atoms with E-state index in [2.05, 4.69) is 10.3 Å². The molecule has 1 heterocycles. The summed E-state index contributed by atoms with van der Waals surface area (Å²) in [5.74, 6) is 0.767. The fourth-order valence-corrected chi connectivity index (χ4v) is 2.08. The third-order valence-corrected chi connectivity index (χ3v) is 3.24. The molecule has 2 rings (SSSR count). The standard InChI is InChI=1S/C16H21N3O2/c17-10-4-2-1-3-5-16(20)19-14-8-6-13(7-9-14)15-11-18-12-21-15/h6-9,11-12H,1-5,10,17H2,(H,19,20). The van der Waals surface area contributed by atoms with Crippen LogP contribution in [0.4, 0.5) is 5.69 Å². The Kier molecular flexibility index (Phi) is 5.97. The number of carbonyl (C=O) groups excluding carboxylic acids is 1. The number of amides is 1. The highest BCUT2D eigenvalue weighted by Gasteiger charge is 2.04. The first-order valence-corrected chi connectivity index (χ1v) is 7.28. The Labute approximate surface area is 124 Å². The molecular weight excluding hydrogens is 266 g/mol. The van der Waals surface area contributed by atoms with Gasteiger partial charge in [-0.3, -0.25) is 4.79 Å². The minimum absolute atomic E-state index is 0.0511. The molecule has 21 heavy (non-hydrogen) atoms. The van der Waals surface area contributed by atoms with Crippen molar-refractivity contribution in [3.63, 3.8) is 0 Å². The number of aromatic nitrogens is 1. The predicted molar refractivity (Wildman–Crippen MR) is 82.7 cm³/mol. The van der Waals surface area contributed by atoms with Crippen LogP contribution in [0.2, 0.25) is 0 Å². The van der Waals surface area contributed by atoms with Gasteiger partial charge in [0.2, 0.25) is 5.91 Å². The third kappa shape index (κ3) is 5.04. The lowest BCUT2D eigenvalue weighted by molar-refractivity contribution is -0.116. The van der Waals surface area contributed by atoms with Crippen molar-refractivity contribution in [3.05, 3.63) is 36.9 Å². The molecule has 2 aromatic rings. The van der Waals surface area contributed by atoms with Crippen LogP contribution in [0.15, 0.2) is 41.3 Å². The minimum Gasteiger partial charge on any atom is -0.444 e. The number of hydrogen-bond donors (Lipinski definition) is 2. The average Bonchev–Trinajstić information content (AvgIpc) is 3.02. The van der Waals surface area contributed by atoms with E-state index in [0.717, 1.165) is 43.5 Å². The molecule has 0 aliphatic heterocycles. The summed E-state index contributed by atoms with van der Waals surface area (Å²) in [7, 11) is 0. The Balaban J connectivity index is 1.76. The van der Waals surface area contributed by atoms with Gasteiger partial charge in [0, 0.05) is 17.7 Å². The van der Waals surface area contributed by atoms with Gasteiger partial charge in [0.05, 0.1) is 6.20 Å². The molecule has 0 radical (unpaired) electrons. The second-order valence-corrected chi connectivity index (χ2v) is 4.94. The largest absolute Gasteiger partial charge is 0.444 e. The molecule has 5 nitrogen and oxygen atoms in total. The maximum Gasteiger partial charge on any atom is 0.224 e. The number of carbonyl (C=O) groups is 1. The first-order valence-electron chi connectivity index (χ1n) is 7.28. The zero-order chi connectivity index (χ0) is 14.9. The Morgan fingerprint density at radius 2 is 1.90 bits per heavy atom. The molecule has 0 fully saturated rings. The van der Waals surface area contributed by atoms with Gasteiger partial charge in [-0.25, -0.2) is 4.98 Å². The predicted octanol–water partition coefficient (Wildman–Crippen LogP) is 3.19. The summed E-state index contributed by atoms with van der Waals surface area (Å²) in [6.45, 7) is 0.726. The molecule has 0 unspecified atom stereocenters. The lowest BCUT2D eigenvalue weighted by atomic mass is 10.1. The second-order valence-electron chi connectivity index (χ2n) is 4.94. The molecule has 0 spiro atoms. The number of anilines is 1. The Morgan fingerprint density at radius 3 is 2.57 bits per heavy atom. The number of nitrogens with one attached hydrogen (secondary N) is 1. The van der Waals surface area contributed by atoms with Crippen LogP contribution in [0, 0.1) is 0 Å². The van der Waals surface area contributed by atoms with Crippen LogP contribution in [0.25, 0.3) is 11.3 Å². The summed E-state index contributed by atoms with van der Waals surface area (Å²) < 4.78 is 5.22. The molecule has 0 saturated heterocycles. The first kappa shape index (κ1) is 15.3. The summed E-state index contributed by atoms with van der Waals surface area (Å²) in [4.78, 5) is 15.7. The van der Waals surface area contributed by atoms with Crippen molar-refractivity contribution >= 4 is 11.6 Å². The van der Waals surface area contributed by atoms with E-state index in [9.17, 15) is 4.79 Å². The van der Waals surface area contributed by atoms with E-state index in [1.54, 1.807) is 6.20 Å². The molecule has 0 aliphatic rings. The van der Waals surface area contributed by atoms with Crippen molar-refractivity contribution in [2.75, 3.05) is 11.9 Å². The van der Waals surface area contributed by atoms with Crippen LogP contribution in [-0.4, -0.2) is 17.4 Å². The van der Waals surface area contributed by atoms with Gasteiger partial charge in [0.1, 0.15) is 0 Å². The van der Waals surface area contributed by atoms with Gasteiger partial charge in [0.25, 0.3) is 0 Å². The molecular formula is C16H21N3O2. The van der Waals surface area contributed by atoms with Crippen molar-refractivity contribution in [1.29, 1.82) is 0 Å². The van der Waals surface area contributed by atoms with E-state index in [4.69, 9.17) is 10.2 Å². The van der Waals surface area contributed by atoms with Crippen molar-refractivity contribution in [3.8, 4) is 11.3 Å². The molecule has 1 amide bonds. The van der Waals surface area contributed by atoms with Crippen LogP contribution < -0.4 is 11.1 Å². The highest BCUT2D eigenvalue weighted by Crippen LogP contribution is 2.20. The van der Waals surface area contributed by atoms with Crippen LogP contribution in [-0.2, 0) is 4.79 Å². The van der Waals surface area contributed by atoms with Crippen LogP contribution in [0.5, 0.6) is 0 Å². The van der Waals surface area contributed by atoms with E-state index < -0.39 is 0 Å². The van der Waals surface area contributed by atoms with Crippen molar-refractivity contribution in [1.82, 2.24) is 4.98 Å². The van der Waals surface area contributed by atoms with Gasteiger partial charge < -0.3 is 15.5 Å². The highest BCUT2D eigenvalue weighted by molar-refractivity contribution is 5.90. The average molecular weight is 287 g/mol. The smallest absolute Gasteiger partial charge is 0.224 e. The third-order valence-electron chi connectivity index (χ3n) is 3.24. The lowest BCUT2D eigenvalue weighted by Crippen LogP contribution is -2.11. The maximum atomic E-state index is 11.8. The zero-order valence-corrected chi connectivity index (χ0v) is 12.0. The summed E-state index contributed by atoms with van der Waals surface area (Å²) in [5, 5.41) is 2.90. The van der Waals surface area contributed by atoms with Gasteiger partial charge >= 0.3 is 0 Å². The number of unbranched alkanes of at least 4 members (excludes halogenated alkanes) is 3. The van der Waals surface area contributed by atoms with Gasteiger partial charge in [-0.2, -0.15) is 0 Å². The fourth-order valence-electron chi connectivity index (χ4n) is 2.08. The molecule has 112 valence electrons. The van der Waals surface area contributed by atoms with E-state index in [1.807, 2.05) is 24.3 Å². The number of nitrogens with two attached hydrogens (primary N) is 1. The van der Waals surface area contributed by atoms with E-state index in [-0.39, 0.29) is 5.91 Å². The minimum atomic E-state index is 0.0511. The lowest BCUT2D eigenvalue weighted by Gasteiger charge is -2.06. The topological polar surface area (TPSA) is 81.2 Å². The Hall–Kier alpha value is -2.14. The summed E-state index contributed by atoms with van der Waals surface area (Å²) in [6, 6.07) is 7.53. The van der Waals surface area contributed by atoms with Crippen molar-refractivity contribution in [2.24, 2.45) is 5.73 Å². The van der Waals surface area contributed by atoms with Crippen LogP contribution in [0.1, 0.15) is 32.1 Å². The summed E-state index contributed by atoms with van der Waals surface area (Å²) in [6.07, 6.45) is 7.69. The Bertz CT molecular complexity index is 535. The molecule has 0 saturated carbocycles. The van der Waals surface area contributed by atoms with Gasteiger partial charge in [-0.15, -0.1) is 0 Å². The first-order chi connectivity index (χ1) is 10.3. The molecule has 1 aromatic carbocycles.